The highest BCUT2D eigenvalue weighted by Crippen LogP contribution is 2.20. The van der Waals surface area contributed by atoms with E-state index in [0.29, 0.717) is 18.2 Å². The average molecular weight is 246 g/mol. The summed E-state index contributed by atoms with van der Waals surface area (Å²) < 4.78 is 5.88. The highest BCUT2D eigenvalue weighted by molar-refractivity contribution is 5.29. The van der Waals surface area contributed by atoms with E-state index in [1.807, 2.05) is 0 Å². The van der Waals surface area contributed by atoms with Crippen LogP contribution in [0.15, 0.2) is 24.3 Å². The third kappa shape index (κ3) is 2.58. The fourth-order valence-corrected chi connectivity index (χ4v) is 3.01. The first-order valence-corrected chi connectivity index (χ1v) is 6.98. The third-order valence-corrected chi connectivity index (χ3v) is 4.14. The van der Waals surface area contributed by atoms with Crippen LogP contribution < -0.4 is 10.6 Å². The van der Waals surface area contributed by atoms with Gasteiger partial charge in [0.25, 0.3) is 0 Å². The Morgan fingerprint density at radius 1 is 1.22 bits per heavy atom. The fraction of sp³-hybridized carbons (Fsp3) is 0.600. The first-order valence-electron chi connectivity index (χ1n) is 6.98. The predicted molar refractivity (Wildman–Crippen MR) is 72.6 cm³/mol. The van der Waals surface area contributed by atoms with Gasteiger partial charge in [0.05, 0.1) is 12.7 Å². The van der Waals surface area contributed by atoms with E-state index in [-0.39, 0.29) is 0 Å². The van der Waals surface area contributed by atoms with Gasteiger partial charge in [0.1, 0.15) is 0 Å². The van der Waals surface area contributed by atoms with E-state index in [0.717, 1.165) is 32.5 Å². The summed E-state index contributed by atoms with van der Waals surface area (Å²) in [6.07, 6.45) is 2.58. The normalized spacial score (nSPS) is 31.9. The molecule has 0 spiro atoms. The standard InChI is InChI=1S/C15H22N2O/c1-11-15(18-7-6-16-11)9-14-8-12-4-2-3-5-13(12)10-17-14/h2-5,11,14-17H,6-10H2,1H3/t11-,14+,15?/m1/s1. The Kier molecular flexibility index (Phi) is 3.64. The molecule has 3 rings (SSSR count). The van der Waals surface area contributed by atoms with Crippen molar-refractivity contribution in [3.8, 4) is 0 Å². The molecule has 0 saturated carbocycles. The number of nitrogens with one attached hydrogen (secondary N) is 2. The molecule has 1 aromatic carbocycles. The highest BCUT2D eigenvalue weighted by Gasteiger charge is 2.27. The maximum Gasteiger partial charge on any atom is 0.0740 e. The Hall–Kier alpha value is -0.900. The van der Waals surface area contributed by atoms with Crippen LogP contribution in [0.5, 0.6) is 0 Å². The lowest BCUT2D eigenvalue weighted by Crippen LogP contribution is -2.50. The topological polar surface area (TPSA) is 33.3 Å². The van der Waals surface area contributed by atoms with Crippen molar-refractivity contribution in [3.05, 3.63) is 35.4 Å². The summed E-state index contributed by atoms with van der Waals surface area (Å²) in [5.74, 6) is 0. The summed E-state index contributed by atoms with van der Waals surface area (Å²) >= 11 is 0. The van der Waals surface area contributed by atoms with E-state index >= 15 is 0 Å². The lowest BCUT2D eigenvalue weighted by Gasteiger charge is -2.35. The second kappa shape index (κ2) is 5.39. The first-order chi connectivity index (χ1) is 8.83. The van der Waals surface area contributed by atoms with Crippen molar-refractivity contribution < 1.29 is 4.74 Å². The molecule has 0 amide bonds. The molecule has 2 heterocycles. The number of ether oxygens (including phenoxy) is 1. The molecule has 0 aliphatic carbocycles. The molecule has 1 aromatic rings. The van der Waals surface area contributed by atoms with Crippen molar-refractivity contribution in [2.24, 2.45) is 0 Å². The zero-order valence-corrected chi connectivity index (χ0v) is 11.0. The van der Waals surface area contributed by atoms with Gasteiger partial charge in [0, 0.05) is 25.2 Å². The van der Waals surface area contributed by atoms with Gasteiger partial charge in [0.2, 0.25) is 0 Å². The van der Waals surface area contributed by atoms with Crippen LogP contribution in [0.4, 0.5) is 0 Å². The van der Waals surface area contributed by atoms with Crippen molar-refractivity contribution in [1.29, 1.82) is 0 Å². The summed E-state index contributed by atoms with van der Waals surface area (Å²) in [6.45, 7) is 5.05. The molecule has 3 atom stereocenters. The maximum absolute atomic E-state index is 5.88. The molecule has 1 fully saturated rings. The quantitative estimate of drug-likeness (QED) is 0.829. The summed E-state index contributed by atoms with van der Waals surface area (Å²) in [5.41, 5.74) is 2.95. The number of fused-ring (bicyclic) bond motifs is 1. The van der Waals surface area contributed by atoms with Crippen LogP contribution in [0.2, 0.25) is 0 Å². The molecular weight excluding hydrogens is 224 g/mol. The van der Waals surface area contributed by atoms with E-state index in [1.165, 1.54) is 11.1 Å². The zero-order chi connectivity index (χ0) is 12.4. The van der Waals surface area contributed by atoms with Crippen molar-refractivity contribution in [3.63, 3.8) is 0 Å². The molecule has 2 aliphatic rings. The highest BCUT2D eigenvalue weighted by atomic mass is 16.5. The Bertz CT molecular complexity index is 407. The van der Waals surface area contributed by atoms with Crippen LogP contribution in [0, 0.1) is 0 Å². The number of benzene rings is 1. The Labute approximate surface area is 109 Å². The SMILES string of the molecule is C[C@H]1NCCOC1C[C@@H]1Cc2ccccc2CN1. The van der Waals surface area contributed by atoms with E-state index in [1.54, 1.807) is 0 Å². The van der Waals surface area contributed by atoms with Gasteiger partial charge in [-0.05, 0) is 30.9 Å². The molecular formula is C15H22N2O. The van der Waals surface area contributed by atoms with Gasteiger partial charge in [-0.25, -0.2) is 0 Å². The van der Waals surface area contributed by atoms with Gasteiger partial charge in [-0.2, -0.15) is 0 Å². The second-order valence-corrected chi connectivity index (χ2v) is 5.44. The summed E-state index contributed by atoms with van der Waals surface area (Å²) in [7, 11) is 0. The molecule has 1 saturated heterocycles. The molecule has 2 aliphatic heterocycles. The molecule has 1 unspecified atom stereocenters. The smallest absolute Gasteiger partial charge is 0.0740 e. The van der Waals surface area contributed by atoms with Gasteiger partial charge in [0.15, 0.2) is 0 Å². The maximum atomic E-state index is 5.88. The summed E-state index contributed by atoms with van der Waals surface area (Å²) in [5, 5.41) is 7.12. The molecule has 0 bridgehead atoms. The van der Waals surface area contributed by atoms with E-state index < -0.39 is 0 Å². The van der Waals surface area contributed by atoms with Gasteiger partial charge in [-0.3, -0.25) is 0 Å². The van der Waals surface area contributed by atoms with Crippen molar-refractivity contribution in [2.45, 2.75) is 44.5 Å². The van der Waals surface area contributed by atoms with Crippen molar-refractivity contribution in [1.82, 2.24) is 10.6 Å². The summed E-state index contributed by atoms with van der Waals surface area (Å²) in [6, 6.07) is 9.76. The lowest BCUT2D eigenvalue weighted by molar-refractivity contribution is -0.00962. The number of hydrogen-bond donors (Lipinski definition) is 2. The monoisotopic (exact) mass is 246 g/mol. The van der Waals surface area contributed by atoms with Crippen molar-refractivity contribution in [2.75, 3.05) is 13.2 Å². The minimum absolute atomic E-state index is 0.349. The Balaban J connectivity index is 1.62. The molecule has 0 radical (unpaired) electrons. The zero-order valence-electron chi connectivity index (χ0n) is 11.0. The Morgan fingerprint density at radius 2 is 2.06 bits per heavy atom. The lowest BCUT2D eigenvalue weighted by atomic mass is 9.91. The van der Waals surface area contributed by atoms with Gasteiger partial charge < -0.3 is 15.4 Å². The van der Waals surface area contributed by atoms with E-state index in [4.69, 9.17) is 4.74 Å². The van der Waals surface area contributed by atoms with Crippen LogP contribution in [0.3, 0.4) is 0 Å². The first kappa shape index (κ1) is 12.2. The summed E-state index contributed by atoms with van der Waals surface area (Å²) in [4.78, 5) is 0. The number of morpholine rings is 1. The van der Waals surface area contributed by atoms with Crippen molar-refractivity contribution >= 4 is 0 Å². The largest absolute Gasteiger partial charge is 0.375 e. The minimum Gasteiger partial charge on any atom is -0.375 e. The predicted octanol–water partition coefficient (Wildman–Crippen LogP) is 1.47. The van der Waals surface area contributed by atoms with Gasteiger partial charge >= 0.3 is 0 Å². The van der Waals surface area contributed by atoms with Crippen LogP contribution >= 0.6 is 0 Å². The Morgan fingerprint density at radius 3 is 2.89 bits per heavy atom. The molecule has 3 nitrogen and oxygen atoms in total. The third-order valence-electron chi connectivity index (χ3n) is 4.14. The van der Waals surface area contributed by atoms with E-state index in [9.17, 15) is 0 Å². The number of rotatable bonds is 2. The van der Waals surface area contributed by atoms with Crippen LogP contribution in [-0.4, -0.2) is 31.3 Å². The van der Waals surface area contributed by atoms with Crippen LogP contribution in [0.1, 0.15) is 24.5 Å². The van der Waals surface area contributed by atoms with Crippen LogP contribution in [0.25, 0.3) is 0 Å². The van der Waals surface area contributed by atoms with Gasteiger partial charge in [-0.15, -0.1) is 0 Å². The molecule has 2 N–H and O–H groups in total. The molecule has 3 heteroatoms. The average Bonchev–Trinajstić information content (AvgIpc) is 2.41. The molecule has 98 valence electrons. The van der Waals surface area contributed by atoms with Crippen LogP contribution in [-0.2, 0) is 17.7 Å². The fourth-order valence-electron chi connectivity index (χ4n) is 3.01. The second-order valence-electron chi connectivity index (χ2n) is 5.44. The molecule has 0 aromatic heterocycles. The molecule has 18 heavy (non-hydrogen) atoms. The van der Waals surface area contributed by atoms with Gasteiger partial charge in [-0.1, -0.05) is 24.3 Å². The minimum atomic E-state index is 0.349. The number of hydrogen-bond acceptors (Lipinski definition) is 3. The van der Waals surface area contributed by atoms with E-state index in [2.05, 4.69) is 41.8 Å².